The van der Waals surface area contributed by atoms with E-state index in [0.29, 0.717) is 43.3 Å². The molecular weight excluding hydrogens is 427 g/mol. The van der Waals surface area contributed by atoms with Crippen LogP contribution in [0.2, 0.25) is 15.1 Å². The topological polar surface area (TPSA) is 72.8 Å². The number of aliphatic imine (C=N–C) groups is 1. The minimum Gasteiger partial charge on any atom is -0.261 e. The smallest absolute Gasteiger partial charge is 0.102 e. The Morgan fingerprint density at radius 2 is 1.62 bits per heavy atom. The average molecular weight is 440 g/mol. The highest BCUT2D eigenvalue weighted by Crippen LogP contribution is 2.39. The molecule has 2 aromatic carbocycles. The molecule has 0 unspecified atom stereocenters. The molecule has 3 aromatic rings. The van der Waals surface area contributed by atoms with Gasteiger partial charge >= 0.3 is 0 Å². The van der Waals surface area contributed by atoms with Crippen molar-refractivity contribution in [3.05, 3.63) is 80.0 Å². The van der Waals surface area contributed by atoms with Gasteiger partial charge in [-0.1, -0.05) is 46.9 Å². The average Bonchev–Trinajstić information content (AvgIpc) is 2.68. The molecule has 0 saturated carbocycles. The predicted molar refractivity (Wildman–Crippen MR) is 117 cm³/mol. The summed E-state index contributed by atoms with van der Waals surface area (Å²) in [6.07, 6.45) is 1.94. The number of aromatic nitrogens is 1. The third-order valence-corrected chi connectivity index (χ3v) is 5.09. The van der Waals surface area contributed by atoms with Crippen LogP contribution < -0.4 is 0 Å². The molecule has 0 saturated heterocycles. The van der Waals surface area contributed by atoms with Crippen LogP contribution in [-0.2, 0) is 6.42 Å². The fourth-order valence-electron chi connectivity index (χ4n) is 2.95. The number of rotatable bonds is 4. The van der Waals surface area contributed by atoms with Gasteiger partial charge in [-0.15, -0.1) is 0 Å². The molecule has 1 heterocycles. The Morgan fingerprint density at radius 3 is 2.24 bits per heavy atom. The monoisotopic (exact) mass is 438 g/mol. The molecule has 0 fully saturated rings. The molecule has 0 aliphatic carbocycles. The van der Waals surface area contributed by atoms with Gasteiger partial charge in [-0.05, 0) is 37.3 Å². The molecule has 142 valence electrons. The van der Waals surface area contributed by atoms with Gasteiger partial charge in [-0.3, -0.25) is 9.98 Å². The van der Waals surface area contributed by atoms with E-state index in [-0.39, 0.29) is 17.5 Å². The lowest BCUT2D eigenvalue weighted by atomic mass is 9.92. The SMILES string of the molecule is Cc1nc(CC=Nc2cccc(Cl)c2)c(C#N)c(-c2c(Cl)cccc2Cl)c1C#N. The first-order chi connectivity index (χ1) is 14.0. The highest BCUT2D eigenvalue weighted by atomic mass is 35.5. The third-order valence-electron chi connectivity index (χ3n) is 4.22. The molecule has 4 nitrogen and oxygen atoms in total. The summed E-state index contributed by atoms with van der Waals surface area (Å²) < 4.78 is 0. The van der Waals surface area contributed by atoms with Crippen LogP contribution in [0.5, 0.6) is 0 Å². The highest BCUT2D eigenvalue weighted by molar-refractivity contribution is 6.39. The number of hydrogen-bond acceptors (Lipinski definition) is 4. The zero-order valence-electron chi connectivity index (χ0n) is 15.2. The summed E-state index contributed by atoms with van der Waals surface area (Å²) in [6.45, 7) is 1.71. The predicted octanol–water partition coefficient (Wildman–Crippen LogP) is 6.71. The Bertz CT molecular complexity index is 1180. The lowest BCUT2D eigenvalue weighted by Gasteiger charge is -2.15. The Kier molecular flexibility index (Phi) is 6.52. The maximum absolute atomic E-state index is 9.86. The van der Waals surface area contributed by atoms with Gasteiger partial charge in [0, 0.05) is 38.8 Å². The van der Waals surface area contributed by atoms with Crippen molar-refractivity contribution in [2.75, 3.05) is 0 Å². The summed E-state index contributed by atoms with van der Waals surface area (Å²) in [4.78, 5) is 8.83. The molecule has 0 N–H and O–H groups in total. The molecule has 7 heteroatoms. The molecule has 0 spiro atoms. The number of nitrogens with zero attached hydrogens (tertiary/aromatic N) is 4. The number of hydrogen-bond donors (Lipinski definition) is 0. The van der Waals surface area contributed by atoms with E-state index in [1.807, 2.05) is 6.07 Å². The summed E-state index contributed by atoms with van der Waals surface area (Å²) in [7, 11) is 0. The maximum Gasteiger partial charge on any atom is 0.102 e. The quantitative estimate of drug-likeness (QED) is 0.424. The molecule has 29 heavy (non-hydrogen) atoms. The fraction of sp³-hybridized carbons (Fsp3) is 0.0909. The second kappa shape index (κ2) is 9.07. The van der Waals surface area contributed by atoms with Gasteiger partial charge in [-0.25, -0.2) is 0 Å². The Hall–Kier alpha value is -2.89. The van der Waals surface area contributed by atoms with Crippen molar-refractivity contribution < 1.29 is 0 Å². The molecule has 0 aliphatic heterocycles. The summed E-state index contributed by atoms with van der Waals surface area (Å²) in [6, 6.07) is 16.5. The maximum atomic E-state index is 9.86. The first-order valence-corrected chi connectivity index (χ1v) is 9.65. The van der Waals surface area contributed by atoms with E-state index < -0.39 is 0 Å². The van der Waals surface area contributed by atoms with E-state index in [0.717, 1.165) is 0 Å². The van der Waals surface area contributed by atoms with Crippen LogP contribution in [0, 0.1) is 29.6 Å². The van der Waals surface area contributed by atoms with E-state index in [9.17, 15) is 10.5 Å². The van der Waals surface area contributed by atoms with Gasteiger partial charge in [-0.2, -0.15) is 10.5 Å². The number of benzene rings is 2. The van der Waals surface area contributed by atoms with Crippen LogP contribution in [0.25, 0.3) is 11.1 Å². The zero-order valence-corrected chi connectivity index (χ0v) is 17.5. The molecule has 0 radical (unpaired) electrons. The summed E-state index contributed by atoms with van der Waals surface area (Å²) in [5, 5.41) is 20.8. The van der Waals surface area contributed by atoms with Crippen LogP contribution in [0.1, 0.15) is 22.5 Å². The number of pyridine rings is 1. The normalized spacial score (nSPS) is 10.7. The molecule has 0 atom stereocenters. The highest BCUT2D eigenvalue weighted by Gasteiger charge is 2.22. The van der Waals surface area contributed by atoms with Crippen LogP contribution >= 0.6 is 34.8 Å². The Balaban J connectivity index is 2.14. The standard InChI is InChI=1S/C22H13Cl3N4/c1-13-16(11-26)21(22-18(24)6-3-7-19(22)25)17(12-27)20(29-13)8-9-28-15-5-2-4-14(23)10-15/h2-7,9-10H,8H2,1H3. The van der Waals surface area contributed by atoms with Crippen LogP contribution in [0.3, 0.4) is 0 Å². The van der Waals surface area contributed by atoms with Crippen molar-refractivity contribution >= 4 is 46.7 Å². The van der Waals surface area contributed by atoms with Gasteiger partial charge < -0.3 is 0 Å². The Labute approximate surface area is 183 Å². The van der Waals surface area contributed by atoms with Crippen LogP contribution in [-0.4, -0.2) is 11.2 Å². The minimum absolute atomic E-state index is 0.250. The number of aryl methyl sites for hydroxylation is 1. The van der Waals surface area contributed by atoms with Crippen molar-refractivity contribution in [3.63, 3.8) is 0 Å². The summed E-state index contributed by atoms with van der Waals surface area (Å²) in [5.74, 6) is 0. The van der Waals surface area contributed by atoms with Gasteiger partial charge in [0.2, 0.25) is 0 Å². The van der Waals surface area contributed by atoms with Crippen molar-refractivity contribution in [2.45, 2.75) is 13.3 Å². The van der Waals surface area contributed by atoms with E-state index in [1.165, 1.54) is 0 Å². The second-order valence-electron chi connectivity index (χ2n) is 6.08. The van der Waals surface area contributed by atoms with Crippen molar-refractivity contribution in [3.8, 4) is 23.3 Å². The van der Waals surface area contributed by atoms with E-state index in [2.05, 4.69) is 22.1 Å². The second-order valence-corrected chi connectivity index (χ2v) is 7.34. The van der Waals surface area contributed by atoms with Gasteiger partial charge in [0.1, 0.15) is 12.1 Å². The lowest BCUT2D eigenvalue weighted by molar-refractivity contribution is 1.07. The molecule has 0 aliphatic rings. The van der Waals surface area contributed by atoms with E-state index in [4.69, 9.17) is 34.8 Å². The zero-order chi connectivity index (χ0) is 21.0. The van der Waals surface area contributed by atoms with E-state index in [1.54, 1.807) is 49.5 Å². The molecule has 0 amide bonds. The molecule has 1 aromatic heterocycles. The van der Waals surface area contributed by atoms with Crippen molar-refractivity contribution in [1.29, 1.82) is 10.5 Å². The fourth-order valence-corrected chi connectivity index (χ4v) is 3.72. The largest absolute Gasteiger partial charge is 0.261 e. The minimum atomic E-state index is 0.250. The third kappa shape index (κ3) is 4.42. The summed E-state index contributed by atoms with van der Waals surface area (Å²) in [5.41, 5.74) is 3.03. The molecule has 0 bridgehead atoms. The van der Waals surface area contributed by atoms with Crippen LogP contribution in [0.15, 0.2) is 47.5 Å². The Morgan fingerprint density at radius 1 is 0.966 bits per heavy atom. The van der Waals surface area contributed by atoms with Crippen molar-refractivity contribution in [1.82, 2.24) is 4.98 Å². The van der Waals surface area contributed by atoms with Gasteiger partial charge in [0.05, 0.1) is 28.2 Å². The van der Waals surface area contributed by atoms with Gasteiger partial charge in [0.25, 0.3) is 0 Å². The number of nitriles is 2. The number of halogens is 3. The lowest BCUT2D eigenvalue weighted by Crippen LogP contribution is -2.05. The van der Waals surface area contributed by atoms with Gasteiger partial charge in [0.15, 0.2) is 0 Å². The molecular formula is C22H13Cl3N4. The molecule has 3 rings (SSSR count). The summed E-state index contributed by atoms with van der Waals surface area (Å²) >= 11 is 18.7. The van der Waals surface area contributed by atoms with Crippen LogP contribution in [0.4, 0.5) is 5.69 Å². The first-order valence-electron chi connectivity index (χ1n) is 8.52. The first kappa shape index (κ1) is 20.8. The van der Waals surface area contributed by atoms with Crippen molar-refractivity contribution in [2.24, 2.45) is 4.99 Å². The van der Waals surface area contributed by atoms with E-state index >= 15 is 0 Å².